The largest absolute Gasteiger partial charge is 0.508 e. The molecule has 13 heteroatoms. The number of rotatable bonds is 12. The molecule has 1 N–H and O–H groups in total. The van der Waals surface area contributed by atoms with Gasteiger partial charge in [-0.3, -0.25) is 34.0 Å². The van der Waals surface area contributed by atoms with Crippen molar-refractivity contribution < 1.29 is 43.8 Å². The maximum absolute atomic E-state index is 12.7. The van der Waals surface area contributed by atoms with Crippen LogP contribution < -0.4 is 0 Å². The molecule has 0 spiro atoms. The van der Waals surface area contributed by atoms with E-state index in [1.165, 1.54) is 21.3 Å². The van der Waals surface area contributed by atoms with Gasteiger partial charge in [0.25, 0.3) is 0 Å². The van der Waals surface area contributed by atoms with Crippen molar-refractivity contribution in [3.05, 3.63) is 29.8 Å². The average Bonchev–Trinajstić information content (AvgIpc) is 2.92. The van der Waals surface area contributed by atoms with Crippen LogP contribution in [-0.4, -0.2) is 135 Å². The van der Waals surface area contributed by atoms with Gasteiger partial charge in [0.2, 0.25) is 0 Å². The zero-order chi connectivity index (χ0) is 28.6. The number of Topliss-reactive ketones (excluding diaryl/α,β-unsaturated/α-hetero) is 1. The molecule has 1 aromatic rings. The summed E-state index contributed by atoms with van der Waals surface area (Å²) in [4.78, 5) is 54.8. The van der Waals surface area contributed by atoms with Crippen LogP contribution >= 0.6 is 0 Å². The van der Waals surface area contributed by atoms with E-state index in [2.05, 4.69) is 19.7 Å². The Bertz CT molecular complexity index is 887. The standard InChI is InChI=1S/C26H42N4O9/c1-21(31)18-27-9-10-28(19-22-5-7-23(32)8-6-22)11-12-29(20-38-39-37-4)14-16-30(15-13-27)24(26(34)36-3)17-25(33)35-2/h5-8,24,32H,9-20H2,1-4H3. The third-order valence-electron chi connectivity index (χ3n) is 6.51. The molecule has 0 aromatic heterocycles. The van der Waals surface area contributed by atoms with E-state index in [-0.39, 0.29) is 31.2 Å². The van der Waals surface area contributed by atoms with Gasteiger partial charge in [0.1, 0.15) is 24.3 Å². The summed E-state index contributed by atoms with van der Waals surface area (Å²) >= 11 is 0. The highest BCUT2D eigenvalue weighted by molar-refractivity contribution is 5.82. The van der Waals surface area contributed by atoms with Crippen LogP contribution in [0.5, 0.6) is 5.75 Å². The molecular weight excluding hydrogens is 512 g/mol. The zero-order valence-electron chi connectivity index (χ0n) is 23.4. The molecule has 13 nitrogen and oxygen atoms in total. The van der Waals surface area contributed by atoms with E-state index in [4.69, 9.17) is 14.4 Å². The number of phenolic OH excluding ortho intramolecular Hbond substituents is 1. The van der Waals surface area contributed by atoms with Gasteiger partial charge >= 0.3 is 11.9 Å². The highest BCUT2D eigenvalue weighted by atomic mass is 17.5. The third-order valence-corrected chi connectivity index (χ3v) is 6.51. The Morgan fingerprint density at radius 2 is 1.44 bits per heavy atom. The van der Waals surface area contributed by atoms with E-state index in [1.807, 2.05) is 21.9 Å². The van der Waals surface area contributed by atoms with Gasteiger partial charge in [-0.25, -0.2) is 4.89 Å². The van der Waals surface area contributed by atoms with Crippen LogP contribution in [0, 0.1) is 0 Å². The first-order chi connectivity index (χ1) is 18.7. The summed E-state index contributed by atoms with van der Waals surface area (Å²) in [5, 5.41) is 14.3. The molecule has 2 rings (SSSR count). The number of esters is 2. The minimum atomic E-state index is -0.839. The van der Waals surface area contributed by atoms with Crippen LogP contribution in [0.2, 0.25) is 0 Å². The minimum absolute atomic E-state index is 0.0410. The third kappa shape index (κ3) is 12.4. The van der Waals surface area contributed by atoms with Crippen LogP contribution in [0.3, 0.4) is 0 Å². The number of ketones is 1. The Labute approximate surface area is 229 Å². The lowest BCUT2D eigenvalue weighted by atomic mass is 10.1. The summed E-state index contributed by atoms with van der Waals surface area (Å²) in [7, 11) is 3.91. The second-order valence-electron chi connectivity index (χ2n) is 9.38. The van der Waals surface area contributed by atoms with Crippen molar-refractivity contribution in [2.45, 2.75) is 25.9 Å². The number of hydrogen-bond donors (Lipinski definition) is 1. The molecule has 1 aromatic carbocycles. The first-order valence-corrected chi connectivity index (χ1v) is 12.9. The number of phenols is 1. The van der Waals surface area contributed by atoms with Crippen molar-refractivity contribution in [3.63, 3.8) is 0 Å². The second kappa shape index (κ2) is 17.8. The normalized spacial score (nSPS) is 18.1. The van der Waals surface area contributed by atoms with Crippen LogP contribution in [-0.2, 0) is 45.2 Å². The molecule has 1 unspecified atom stereocenters. The second-order valence-corrected chi connectivity index (χ2v) is 9.38. The molecule has 0 aliphatic carbocycles. The first kappa shape index (κ1) is 32.6. The highest BCUT2D eigenvalue weighted by Crippen LogP contribution is 2.14. The Balaban J connectivity index is 2.27. The molecule has 220 valence electrons. The predicted molar refractivity (Wildman–Crippen MR) is 140 cm³/mol. The lowest BCUT2D eigenvalue weighted by Gasteiger charge is -2.35. The number of carbonyl (C=O) groups excluding carboxylic acids is 3. The Morgan fingerprint density at radius 1 is 0.846 bits per heavy atom. The SMILES string of the molecule is COOOCN1CCN(Cc2ccc(O)cc2)CCN(CC(C)=O)CCN(C(CC(=O)OC)C(=O)OC)CC1. The van der Waals surface area contributed by atoms with Crippen molar-refractivity contribution in [2.75, 3.05) is 87.0 Å². The molecule has 0 bridgehead atoms. The minimum Gasteiger partial charge on any atom is -0.508 e. The number of hydrogen-bond acceptors (Lipinski definition) is 13. The number of aromatic hydroxyl groups is 1. The monoisotopic (exact) mass is 554 g/mol. The Morgan fingerprint density at radius 3 is 2.03 bits per heavy atom. The zero-order valence-corrected chi connectivity index (χ0v) is 23.4. The molecule has 1 heterocycles. The molecule has 0 saturated carbocycles. The number of methoxy groups -OCH3 is 2. The maximum Gasteiger partial charge on any atom is 0.323 e. The van der Waals surface area contributed by atoms with Crippen LogP contribution in [0.15, 0.2) is 24.3 Å². The van der Waals surface area contributed by atoms with Gasteiger partial charge in [-0.05, 0) is 24.6 Å². The number of benzene rings is 1. The summed E-state index contributed by atoms with van der Waals surface area (Å²) < 4.78 is 9.83. The van der Waals surface area contributed by atoms with Crippen molar-refractivity contribution in [3.8, 4) is 5.75 Å². The fourth-order valence-corrected chi connectivity index (χ4v) is 4.37. The van der Waals surface area contributed by atoms with Gasteiger partial charge in [0.15, 0.2) is 0 Å². The average molecular weight is 555 g/mol. The van der Waals surface area contributed by atoms with E-state index < -0.39 is 18.0 Å². The van der Waals surface area contributed by atoms with Crippen LogP contribution in [0.1, 0.15) is 18.9 Å². The van der Waals surface area contributed by atoms with E-state index in [9.17, 15) is 19.5 Å². The predicted octanol–water partition coefficient (Wildman–Crippen LogP) is 0.275. The van der Waals surface area contributed by atoms with Gasteiger partial charge < -0.3 is 14.6 Å². The molecule has 1 saturated heterocycles. The fourth-order valence-electron chi connectivity index (χ4n) is 4.37. The van der Waals surface area contributed by atoms with Crippen LogP contribution in [0.25, 0.3) is 0 Å². The molecule has 1 aliphatic rings. The topological polar surface area (TPSA) is 131 Å². The summed E-state index contributed by atoms with van der Waals surface area (Å²) in [5.74, 6) is -0.797. The smallest absolute Gasteiger partial charge is 0.323 e. The van der Waals surface area contributed by atoms with E-state index >= 15 is 0 Å². The number of carbonyl (C=O) groups is 3. The Kier molecular flexibility index (Phi) is 14.9. The number of nitrogens with zero attached hydrogens (tertiary/aromatic N) is 4. The molecule has 1 fully saturated rings. The molecule has 1 aliphatic heterocycles. The molecule has 39 heavy (non-hydrogen) atoms. The van der Waals surface area contributed by atoms with Crippen molar-refractivity contribution in [1.82, 2.24) is 19.6 Å². The molecule has 0 radical (unpaired) electrons. The van der Waals surface area contributed by atoms with Gasteiger partial charge in [-0.1, -0.05) is 17.2 Å². The Hall–Kier alpha value is -2.65. The summed E-state index contributed by atoms with van der Waals surface area (Å²) in [6.07, 6.45) is -0.153. The molecule has 0 amide bonds. The van der Waals surface area contributed by atoms with Crippen molar-refractivity contribution >= 4 is 17.7 Å². The van der Waals surface area contributed by atoms with E-state index in [1.54, 1.807) is 19.1 Å². The van der Waals surface area contributed by atoms with Gasteiger partial charge in [-0.2, -0.15) is 4.89 Å². The van der Waals surface area contributed by atoms with Crippen molar-refractivity contribution in [2.24, 2.45) is 0 Å². The number of ether oxygens (including phenoxy) is 2. The van der Waals surface area contributed by atoms with Gasteiger partial charge in [0, 0.05) is 58.9 Å². The lowest BCUT2D eigenvalue weighted by Crippen LogP contribution is -2.51. The quantitative estimate of drug-likeness (QED) is 0.164. The van der Waals surface area contributed by atoms with Gasteiger partial charge in [0.05, 0.1) is 34.3 Å². The summed E-state index contributed by atoms with van der Waals surface area (Å²) in [5.41, 5.74) is 1.05. The van der Waals surface area contributed by atoms with Crippen molar-refractivity contribution in [1.29, 1.82) is 0 Å². The fraction of sp³-hybridized carbons (Fsp3) is 0.654. The highest BCUT2D eigenvalue weighted by Gasteiger charge is 2.31. The van der Waals surface area contributed by atoms with Crippen LogP contribution in [0.4, 0.5) is 0 Å². The maximum atomic E-state index is 12.7. The summed E-state index contributed by atoms with van der Waals surface area (Å²) in [6.45, 7) is 7.01. The van der Waals surface area contributed by atoms with Gasteiger partial charge in [-0.15, -0.1) is 0 Å². The first-order valence-electron chi connectivity index (χ1n) is 12.9. The van der Waals surface area contributed by atoms with E-state index in [0.717, 1.165) is 5.56 Å². The molecular formula is C26H42N4O9. The van der Waals surface area contributed by atoms with E-state index in [0.29, 0.717) is 58.9 Å². The summed E-state index contributed by atoms with van der Waals surface area (Å²) in [6, 6.07) is 6.26. The molecule has 1 atom stereocenters. The lowest BCUT2D eigenvalue weighted by molar-refractivity contribution is -0.510.